The second kappa shape index (κ2) is 23.5. The van der Waals surface area contributed by atoms with Crippen molar-refractivity contribution >= 4 is 38.3 Å². The van der Waals surface area contributed by atoms with Crippen molar-refractivity contribution in [2.24, 2.45) is 0 Å². The van der Waals surface area contributed by atoms with Crippen LogP contribution >= 0.6 is 11.3 Å². The number of allylic oxidation sites excluding steroid dienone is 1. The van der Waals surface area contributed by atoms with Crippen LogP contribution in [0.4, 0.5) is 0 Å². The Morgan fingerprint density at radius 1 is 0.552 bits per heavy atom. The zero-order valence-corrected chi connectivity index (χ0v) is 44.1. The summed E-state index contributed by atoms with van der Waals surface area (Å²) in [5.74, 6) is 0.856. The Hall–Kier alpha value is -5.50. The molecule has 8 aromatic rings. The summed E-state index contributed by atoms with van der Waals surface area (Å²) in [6.07, 6.45) is 13.8. The highest BCUT2D eigenvalue weighted by Gasteiger charge is 2.36. The molecule has 1 heterocycles. The van der Waals surface area contributed by atoms with Gasteiger partial charge in [0.05, 0.1) is 0 Å². The van der Waals surface area contributed by atoms with Gasteiger partial charge in [0.15, 0.2) is 0 Å². The lowest BCUT2D eigenvalue weighted by Gasteiger charge is -2.22. The molecule has 0 radical (unpaired) electrons. The third-order valence-electron chi connectivity index (χ3n) is 14.2. The van der Waals surface area contributed by atoms with E-state index in [1.54, 1.807) is 5.56 Å². The first kappa shape index (κ1) is 50.9. The Morgan fingerprint density at radius 2 is 1.18 bits per heavy atom. The normalized spacial score (nSPS) is 13.6. The molecule has 67 heavy (non-hydrogen) atoms. The molecule has 0 spiro atoms. The standard InChI is InChI=1S/C21H20.C14H16S.C13H18.C10H14.C8H10/c1-13-9-10-17-18(11-13)21(3,4)19-12-14(2)15-7-5-6-8-16(15)20(17)19;1-4-7-11-12(5-2)15-13-9-6-8-10(3)14(11)13;1-11-7-9-13(10-8-11)12-5-3-2-4-6-12;1-7-5-8(2)10(4)9(3)6-7;1-2-8-6-4-3-5-7-8/h5-12H,1-4H3;4,6-9H,5H2,1-3H3;7-10,12H,2-6H2,1H3;5-6H,1-4H3;3-7H,2H2,1H3/b;7-4-;;;. The summed E-state index contributed by atoms with van der Waals surface area (Å²) < 4.78 is 1.42. The zero-order valence-electron chi connectivity index (χ0n) is 43.3. The average Bonchev–Trinajstić information content (AvgIpc) is 3.81. The van der Waals surface area contributed by atoms with E-state index in [0.29, 0.717) is 0 Å². The fourth-order valence-electron chi connectivity index (χ4n) is 10.1. The number of benzene rings is 7. The van der Waals surface area contributed by atoms with E-state index in [0.717, 1.165) is 18.8 Å². The van der Waals surface area contributed by atoms with Crippen LogP contribution < -0.4 is 0 Å². The molecular formula is C66H78S. The van der Waals surface area contributed by atoms with E-state index < -0.39 is 0 Å². The van der Waals surface area contributed by atoms with E-state index in [1.807, 2.05) is 17.4 Å². The van der Waals surface area contributed by atoms with Crippen molar-refractivity contribution in [3.05, 3.63) is 217 Å². The highest BCUT2D eigenvalue weighted by Crippen LogP contribution is 2.52. The van der Waals surface area contributed by atoms with Crippen LogP contribution in [0.5, 0.6) is 0 Å². The lowest BCUT2D eigenvalue weighted by molar-refractivity contribution is 0.443. The maximum atomic E-state index is 2.40. The van der Waals surface area contributed by atoms with E-state index >= 15 is 0 Å². The molecule has 0 bridgehead atoms. The van der Waals surface area contributed by atoms with Crippen molar-refractivity contribution in [2.75, 3.05) is 0 Å². The van der Waals surface area contributed by atoms with Gasteiger partial charge in [0.25, 0.3) is 0 Å². The first-order valence-corrected chi connectivity index (χ1v) is 25.9. The minimum absolute atomic E-state index is 0.0888. The summed E-state index contributed by atoms with van der Waals surface area (Å²) in [5.41, 5.74) is 21.3. The van der Waals surface area contributed by atoms with Gasteiger partial charge in [-0.05, 0) is 178 Å². The number of thiophene rings is 1. The largest absolute Gasteiger partial charge is 0.140 e. The Kier molecular flexibility index (Phi) is 17.8. The molecule has 1 heteroatoms. The molecule has 2 aliphatic carbocycles. The number of aryl methyl sites for hydroxylation is 9. The Morgan fingerprint density at radius 3 is 1.79 bits per heavy atom. The Bertz CT molecular complexity index is 2870. The first-order valence-electron chi connectivity index (χ1n) is 25.1. The molecule has 348 valence electrons. The molecule has 2 aliphatic rings. The van der Waals surface area contributed by atoms with Crippen molar-refractivity contribution in [1.29, 1.82) is 0 Å². The van der Waals surface area contributed by atoms with E-state index in [-0.39, 0.29) is 5.41 Å². The Labute approximate surface area is 410 Å². The highest BCUT2D eigenvalue weighted by molar-refractivity contribution is 7.19. The van der Waals surface area contributed by atoms with Crippen LogP contribution in [-0.2, 0) is 18.3 Å². The summed E-state index contributed by atoms with van der Waals surface area (Å²) in [6, 6.07) is 48.7. The summed E-state index contributed by atoms with van der Waals surface area (Å²) in [5, 5.41) is 4.21. The van der Waals surface area contributed by atoms with Crippen LogP contribution in [0, 0.1) is 55.4 Å². The fourth-order valence-corrected chi connectivity index (χ4v) is 11.3. The fraction of sp³-hybridized carbons (Fsp3) is 0.333. The number of fused-ring (bicyclic) bond motifs is 6. The molecule has 7 aromatic carbocycles. The van der Waals surface area contributed by atoms with Gasteiger partial charge in [-0.15, -0.1) is 11.3 Å². The molecule has 0 saturated heterocycles. The zero-order chi connectivity index (χ0) is 48.3. The molecule has 0 aliphatic heterocycles. The van der Waals surface area contributed by atoms with Gasteiger partial charge < -0.3 is 0 Å². The lowest BCUT2D eigenvalue weighted by Crippen LogP contribution is -2.15. The molecule has 10 rings (SSSR count). The van der Waals surface area contributed by atoms with E-state index in [1.165, 1.54) is 136 Å². The quantitative estimate of drug-likeness (QED) is 0.165. The average molecular weight is 903 g/mol. The van der Waals surface area contributed by atoms with Gasteiger partial charge in [-0.2, -0.15) is 0 Å². The molecule has 0 unspecified atom stereocenters. The predicted molar refractivity (Wildman–Crippen MR) is 300 cm³/mol. The monoisotopic (exact) mass is 903 g/mol. The van der Waals surface area contributed by atoms with E-state index in [4.69, 9.17) is 0 Å². The van der Waals surface area contributed by atoms with Gasteiger partial charge in [-0.1, -0.05) is 203 Å². The minimum Gasteiger partial charge on any atom is -0.140 e. The van der Waals surface area contributed by atoms with Gasteiger partial charge in [0.1, 0.15) is 0 Å². The molecule has 0 amide bonds. The topological polar surface area (TPSA) is 0 Å². The van der Waals surface area contributed by atoms with Crippen LogP contribution in [0.1, 0.15) is 150 Å². The van der Waals surface area contributed by atoms with Crippen molar-refractivity contribution in [3.63, 3.8) is 0 Å². The van der Waals surface area contributed by atoms with Crippen LogP contribution in [0.3, 0.4) is 0 Å². The van der Waals surface area contributed by atoms with Crippen molar-refractivity contribution < 1.29 is 0 Å². The van der Waals surface area contributed by atoms with E-state index in [9.17, 15) is 0 Å². The van der Waals surface area contributed by atoms with Crippen LogP contribution in [0.25, 0.3) is 38.1 Å². The van der Waals surface area contributed by atoms with Crippen molar-refractivity contribution in [1.82, 2.24) is 0 Å². The van der Waals surface area contributed by atoms with Gasteiger partial charge in [0.2, 0.25) is 0 Å². The second-order valence-electron chi connectivity index (χ2n) is 19.7. The minimum atomic E-state index is 0.0888. The third-order valence-corrected chi connectivity index (χ3v) is 15.5. The van der Waals surface area contributed by atoms with Gasteiger partial charge in [-0.25, -0.2) is 0 Å². The maximum absolute atomic E-state index is 2.40. The van der Waals surface area contributed by atoms with Crippen molar-refractivity contribution in [3.8, 4) is 11.1 Å². The van der Waals surface area contributed by atoms with E-state index in [2.05, 4.69) is 230 Å². The summed E-state index contributed by atoms with van der Waals surface area (Å²) in [6.45, 7) is 28.6. The molecule has 0 nitrogen and oxygen atoms in total. The van der Waals surface area contributed by atoms with Gasteiger partial charge >= 0.3 is 0 Å². The van der Waals surface area contributed by atoms with Crippen LogP contribution in [0.15, 0.2) is 140 Å². The predicted octanol–water partition coefficient (Wildman–Crippen LogP) is 19.8. The van der Waals surface area contributed by atoms with Gasteiger partial charge in [-0.3, -0.25) is 0 Å². The molecular weight excluding hydrogens is 825 g/mol. The van der Waals surface area contributed by atoms with Crippen molar-refractivity contribution in [2.45, 2.75) is 146 Å². The molecule has 1 fully saturated rings. The smallest absolute Gasteiger partial charge is 0.0354 e. The number of hydrogen-bond acceptors (Lipinski definition) is 1. The maximum Gasteiger partial charge on any atom is 0.0354 e. The molecule has 0 atom stereocenters. The lowest BCUT2D eigenvalue weighted by atomic mass is 9.81. The summed E-state index contributed by atoms with van der Waals surface area (Å²) in [7, 11) is 0. The Balaban J connectivity index is 0.000000144. The summed E-state index contributed by atoms with van der Waals surface area (Å²) >= 11 is 1.93. The van der Waals surface area contributed by atoms with Gasteiger partial charge in [0, 0.05) is 20.4 Å². The van der Waals surface area contributed by atoms with Crippen LogP contribution in [0.2, 0.25) is 0 Å². The highest BCUT2D eigenvalue weighted by atomic mass is 32.1. The summed E-state index contributed by atoms with van der Waals surface area (Å²) in [4.78, 5) is 1.50. The molecule has 1 saturated carbocycles. The third kappa shape index (κ3) is 12.3. The number of rotatable bonds is 4. The molecule has 1 aromatic heterocycles. The number of hydrogen-bond donors (Lipinski definition) is 0. The van der Waals surface area contributed by atoms with Crippen LogP contribution in [-0.4, -0.2) is 0 Å². The first-order chi connectivity index (χ1) is 32.2. The second-order valence-corrected chi connectivity index (χ2v) is 20.8. The molecule has 0 N–H and O–H groups in total. The SMILES string of the molecule is C/C=C\c1c(CC)sc2cccc(C)c12.CCc1ccccc1.Cc1cc(C)c(C)c(C)c1.Cc1ccc(C2CCCCC2)cc1.Cc1ccc2c(c1)C(C)(C)c1cc(C)c3ccccc3c1-2.